The molecule has 0 aliphatic heterocycles. The van der Waals surface area contributed by atoms with Gasteiger partial charge in [-0.15, -0.1) is 0 Å². The second-order valence-corrected chi connectivity index (χ2v) is 7.44. The smallest absolute Gasteiger partial charge is 0.438 e. The van der Waals surface area contributed by atoms with Gasteiger partial charge in [-0.2, -0.15) is 0 Å². The van der Waals surface area contributed by atoms with E-state index in [1.54, 1.807) is 0 Å². The summed E-state index contributed by atoms with van der Waals surface area (Å²) >= 11 is 0. The van der Waals surface area contributed by atoms with Crippen molar-refractivity contribution in [2.24, 2.45) is 0 Å². The second kappa shape index (κ2) is 11.2. The van der Waals surface area contributed by atoms with Gasteiger partial charge >= 0.3 is 6.16 Å². The van der Waals surface area contributed by atoms with Gasteiger partial charge in [0.1, 0.15) is 6.10 Å². The Bertz CT molecular complexity index is 475. The van der Waals surface area contributed by atoms with Crippen molar-refractivity contribution in [2.45, 2.75) is 68.6 Å². The third-order valence-corrected chi connectivity index (χ3v) is 5.56. The highest BCUT2D eigenvalue weighted by molar-refractivity contribution is 7.85. The second-order valence-electron chi connectivity index (χ2n) is 5.63. The normalized spacial score (nSPS) is 14.7. The lowest BCUT2D eigenvalue weighted by atomic mass is 10.1. The van der Waals surface area contributed by atoms with E-state index in [2.05, 4.69) is 11.7 Å². The first-order valence-electron chi connectivity index (χ1n) is 8.30. The first-order chi connectivity index (χ1) is 11.1. The van der Waals surface area contributed by atoms with Crippen molar-refractivity contribution >= 4 is 17.0 Å². The van der Waals surface area contributed by atoms with Crippen molar-refractivity contribution in [1.29, 1.82) is 0 Å². The number of hydrogen-bond donors (Lipinski definition) is 0. The Labute approximate surface area is 142 Å². The van der Waals surface area contributed by atoms with Crippen molar-refractivity contribution < 1.29 is 18.5 Å². The number of unbranched alkanes of at least 4 members (excludes halogenated alkanes) is 4. The predicted molar refractivity (Wildman–Crippen MR) is 93.0 cm³/mol. The van der Waals surface area contributed by atoms with Crippen LogP contribution in [0.2, 0.25) is 0 Å². The zero-order valence-corrected chi connectivity index (χ0v) is 15.1. The number of carbonyl (C=O) groups is 1. The number of ether oxygens (including phenoxy) is 2. The standard InChI is InChI=1S/C18H28O4S/c1-4-5-6-7-11-14-17(22-18(19)21-3)15(2)23(20)16-12-9-8-10-13-16/h8-10,12-13,15,17H,4-7,11,14H2,1-3H3. The van der Waals surface area contributed by atoms with Gasteiger partial charge in [-0.3, -0.25) is 4.21 Å². The van der Waals surface area contributed by atoms with E-state index in [0.717, 1.165) is 17.7 Å². The van der Waals surface area contributed by atoms with E-state index in [0.29, 0.717) is 6.42 Å². The molecule has 0 saturated carbocycles. The monoisotopic (exact) mass is 340 g/mol. The molecule has 3 unspecified atom stereocenters. The molecule has 0 spiro atoms. The summed E-state index contributed by atoms with van der Waals surface area (Å²) in [5.74, 6) is 0. The molecule has 0 amide bonds. The Balaban J connectivity index is 2.65. The van der Waals surface area contributed by atoms with Gasteiger partial charge in [0.2, 0.25) is 0 Å². The summed E-state index contributed by atoms with van der Waals surface area (Å²) in [6.45, 7) is 4.04. The molecule has 5 heteroatoms. The summed E-state index contributed by atoms with van der Waals surface area (Å²) in [6, 6.07) is 9.29. The fourth-order valence-corrected chi connectivity index (χ4v) is 3.74. The van der Waals surface area contributed by atoms with Crippen LogP contribution in [0.4, 0.5) is 4.79 Å². The number of methoxy groups -OCH3 is 1. The van der Waals surface area contributed by atoms with E-state index in [4.69, 9.17) is 4.74 Å². The maximum Gasteiger partial charge on any atom is 0.508 e. The van der Waals surface area contributed by atoms with E-state index in [9.17, 15) is 9.00 Å². The highest BCUT2D eigenvalue weighted by Gasteiger charge is 2.27. The van der Waals surface area contributed by atoms with E-state index in [1.807, 2.05) is 37.3 Å². The fraction of sp³-hybridized carbons (Fsp3) is 0.611. The molecule has 4 nitrogen and oxygen atoms in total. The van der Waals surface area contributed by atoms with Crippen LogP contribution in [0.15, 0.2) is 35.2 Å². The van der Waals surface area contributed by atoms with Gasteiger partial charge < -0.3 is 9.47 Å². The summed E-state index contributed by atoms with van der Waals surface area (Å²) in [5, 5.41) is -0.275. The van der Waals surface area contributed by atoms with Crippen molar-refractivity contribution in [3.8, 4) is 0 Å². The van der Waals surface area contributed by atoms with Crippen LogP contribution >= 0.6 is 0 Å². The summed E-state index contributed by atoms with van der Waals surface area (Å²) in [6.07, 6.45) is 5.24. The summed E-state index contributed by atoms with van der Waals surface area (Å²) in [7, 11) is 0.0729. The van der Waals surface area contributed by atoms with Gasteiger partial charge in [-0.05, 0) is 31.9 Å². The van der Waals surface area contributed by atoms with E-state index in [1.165, 1.54) is 26.4 Å². The van der Waals surface area contributed by atoms with Gasteiger partial charge in [-0.1, -0.05) is 50.8 Å². The maximum atomic E-state index is 12.7. The zero-order chi connectivity index (χ0) is 17.1. The minimum absolute atomic E-state index is 0.275. The number of benzene rings is 1. The molecule has 0 aliphatic carbocycles. The summed E-state index contributed by atoms with van der Waals surface area (Å²) in [5.41, 5.74) is 0. The maximum absolute atomic E-state index is 12.7. The molecular formula is C18H28O4S. The molecular weight excluding hydrogens is 312 g/mol. The van der Waals surface area contributed by atoms with Crippen LogP contribution in [-0.4, -0.2) is 28.8 Å². The highest BCUT2D eigenvalue weighted by atomic mass is 32.2. The number of rotatable bonds is 10. The fourth-order valence-electron chi connectivity index (χ4n) is 2.42. The largest absolute Gasteiger partial charge is 0.508 e. The molecule has 1 aromatic rings. The lowest BCUT2D eigenvalue weighted by Gasteiger charge is -2.23. The average Bonchev–Trinajstić information content (AvgIpc) is 2.59. The van der Waals surface area contributed by atoms with Crippen LogP contribution in [0.25, 0.3) is 0 Å². The van der Waals surface area contributed by atoms with Gasteiger partial charge in [0.25, 0.3) is 0 Å². The summed E-state index contributed by atoms with van der Waals surface area (Å²) < 4.78 is 22.6. The quantitative estimate of drug-likeness (QED) is 0.458. The Hall–Kier alpha value is -1.36. The van der Waals surface area contributed by atoms with Crippen LogP contribution < -0.4 is 0 Å². The van der Waals surface area contributed by atoms with Crippen molar-refractivity contribution in [3.63, 3.8) is 0 Å². The first kappa shape index (κ1) is 19.7. The van der Waals surface area contributed by atoms with Crippen LogP contribution in [-0.2, 0) is 20.3 Å². The molecule has 3 atom stereocenters. The lowest BCUT2D eigenvalue weighted by Crippen LogP contribution is -2.32. The van der Waals surface area contributed by atoms with E-state index < -0.39 is 23.1 Å². The average molecular weight is 340 g/mol. The van der Waals surface area contributed by atoms with Gasteiger partial charge in [0.05, 0.1) is 23.2 Å². The molecule has 130 valence electrons. The first-order valence-corrected chi connectivity index (χ1v) is 9.51. The molecule has 1 rings (SSSR count). The van der Waals surface area contributed by atoms with Crippen LogP contribution in [0.1, 0.15) is 52.4 Å². The lowest BCUT2D eigenvalue weighted by molar-refractivity contribution is 0.0331. The molecule has 23 heavy (non-hydrogen) atoms. The summed E-state index contributed by atoms with van der Waals surface area (Å²) in [4.78, 5) is 12.2. The van der Waals surface area contributed by atoms with Gasteiger partial charge in [-0.25, -0.2) is 4.79 Å². The number of carbonyl (C=O) groups excluding carboxylic acids is 1. The van der Waals surface area contributed by atoms with Crippen LogP contribution in [0.5, 0.6) is 0 Å². The third kappa shape index (κ3) is 7.16. The Morgan fingerprint density at radius 3 is 2.39 bits per heavy atom. The molecule has 1 aromatic carbocycles. The topological polar surface area (TPSA) is 52.6 Å². The molecule has 0 radical (unpaired) electrons. The minimum atomic E-state index is -1.22. The van der Waals surface area contributed by atoms with E-state index >= 15 is 0 Å². The zero-order valence-electron chi connectivity index (χ0n) is 14.3. The van der Waals surface area contributed by atoms with Crippen molar-refractivity contribution in [2.75, 3.05) is 7.11 Å². The van der Waals surface area contributed by atoms with Gasteiger partial charge in [0, 0.05) is 4.90 Å². The SMILES string of the molecule is CCCCCCCC(OC(=O)OC)C(C)S(=O)c1ccccc1. The Kier molecular flexibility index (Phi) is 9.60. The molecule has 0 aromatic heterocycles. The highest BCUT2D eigenvalue weighted by Crippen LogP contribution is 2.20. The predicted octanol–water partition coefficient (Wildman–Crippen LogP) is 4.69. The van der Waals surface area contributed by atoms with Crippen LogP contribution in [0, 0.1) is 0 Å². The van der Waals surface area contributed by atoms with Crippen molar-refractivity contribution in [3.05, 3.63) is 30.3 Å². The molecule has 0 fully saturated rings. The van der Waals surface area contributed by atoms with E-state index in [-0.39, 0.29) is 5.25 Å². The molecule has 0 saturated heterocycles. The third-order valence-electron chi connectivity index (χ3n) is 3.84. The Morgan fingerprint density at radius 1 is 1.13 bits per heavy atom. The van der Waals surface area contributed by atoms with Gasteiger partial charge in [0.15, 0.2) is 0 Å². The molecule has 0 heterocycles. The van der Waals surface area contributed by atoms with Crippen LogP contribution in [0.3, 0.4) is 0 Å². The number of hydrogen-bond acceptors (Lipinski definition) is 4. The molecule has 0 bridgehead atoms. The Morgan fingerprint density at radius 2 is 1.78 bits per heavy atom. The minimum Gasteiger partial charge on any atom is -0.438 e. The van der Waals surface area contributed by atoms with Crippen molar-refractivity contribution in [1.82, 2.24) is 0 Å². The molecule has 0 N–H and O–H groups in total. The molecule has 0 aliphatic rings.